The van der Waals surface area contributed by atoms with Crippen molar-refractivity contribution in [2.24, 2.45) is 17.8 Å². The Morgan fingerprint density at radius 2 is 1.81 bits per heavy atom. The zero-order chi connectivity index (χ0) is 11.4. The molecular formula is C11H11NO4. The van der Waals surface area contributed by atoms with Crippen LogP contribution < -0.4 is 0 Å². The fourth-order valence-corrected chi connectivity index (χ4v) is 2.59. The van der Waals surface area contributed by atoms with Gasteiger partial charge in [-0.3, -0.25) is 19.3 Å². The molecule has 2 fully saturated rings. The Kier molecular flexibility index (Phi) is 1.75. The van der Waals surface area contributed by atoms with Gasteiger partial charge in [0.1, 0.15) is 0 Å². The van der Waals surface area contributed by atoms with Crippen molar-refractivity contribution in [3.05, 3.63) is 12.2 Å². The molecule has 5 heteroatoms. The van der Waals surface area contributed by atoms with Crippen molar-refractivity contribution in [3.63, 3.8) is 0 Å². The van der Waals surface area contributed by atoms with Crippen LogP contribution in [0.15, 0.2) is 12.2 Å². The number of rotatable bonds is 2. The largest absolute Gasteiger partial charge is 0.481 e. The van der Waals surface area contributed by atoms with Gasteiger partial charge in [0.15, 0.2) is 0 Å². The first-order valence-electron chi connectivity index (χ1n) is 5.37. The van der Waals surface area contributed by atoms with Crippen molar-refractivity contribution >= 4 is 17.8 Å². The average molecular weight is 221 g/mol. The molecule has 1 N–H and O–H groups in total. The third-order valence-corrected chi connectivity index (χ3v) is 3.61. The Labute approximate surface area is 91.7 Å². The van der Waals surface area contributed by atoms with Crippen molar-refractivity contribution in [2.45, 2.75) is 18.9 Å². The molecule has 3 rings (SSSR count). The molecular weight excluding hydrogens is 210 g/mol. The highest BCUT2D eigenvalue weighted by molar-refractivity contribution is 6.09. The molecule has 2 aliphatic carbocycles. The van der Waals surface area contributed by atoms with Crippen LogP contribution in [0.1, 0.15) is 12.8 Å². The molecule has 84 valence electrons. The van der Waals surface area contributed by atoms with E-state index < -0.39 is 11.9 Å². The predicted octanol–water partition coefficient (Wildman–Crippen LogP) is 0.0206. The first-order valence-corrected chi connectivity index (χ1v) is 5.37. The van der Waals surface area contributed by atoms with Crippen molar-refractivity contribution in [1.29, 1.82) is 0 Å². The zero-order valence-electron chi connectivity index (χ0n) is 8.50. The summed E-state index contributed by atoms with van der Waals surface area (Å²) in [5.41, 5.74) is 0. The van der Waals surface area contributed by atoms with E-state index in [-0.39, 0.29) is 29.7 Å². The van der Waals surface area contributed by atoms with Gasteiger partial charge in [-0.1, -0.05) is 12.2 Å². The number of likely N-dealkylation sites (tertiary alicyclic amines) is 1. The number of piperidine rings is 1. The Morgan fingerprint density at radius 3 is 2.31 bits per heavy atom. The van der Waals surface area contributed by atoms with E-state index in [1.165, 1.54) is 4.90 Å². The molecule has 4 atom stereocenters. The Morgan fingerprint density at radius 1 is 1.19 bits per heavy atom. The minimum atomic E-state index is -0.900. The van der Waals surface area contributed by atoms with Gasteiger partial charge in [0, 0.05) is 0 Å². The van der Waals surface area contributed by atoms with Crippen molar-refractivity contribution in [3.8, 4) is 0 Å². The van der Waals surface area contributed by atoms with Crippen molar-refractivity contribution < 1.29 is 19.5 Å². The number of fused-ring (bicyclic) bond motifs is 1. The number of amides is 2. The second-order valence-corrected chi connectivity index (χ2v) is 4.63. The lowest BCUT2D eigenvalue weighted by Crippen LogP contribution is -2.40. The molecule has 0 radical (unpaired) electrons. The zero-order valence-corrected chi connectivity index (χ0v) is 8.50. The van der Waals surface area contributed by atoms with Crippen LogP contribution in [-0.2, 0) is 14.4 Å². The highest BCUT2D eigenvalue weighted by Gasteiger charge is 2.60. The molecule has 1 heterocycles. The van der Waals surface area contributed by atoms with Gasteiger partial charge in [-0.25, -0.2) is 0 Å². The van der Waals surface area contributed by atoms with E-state index in [1.807, 2.05) is 0 Å². The minimum Gasteiger partial charge on any atom is -0.481 e. The van der Waals surface area contributed by atoms with Crippen LogP contribution in [0.25, 0.3) is 0 Å². The highest BCUT2D eigenvalue weighted by Crippen LogP contribution is 2.48. The molecule has 3 aliphatic rings. The monoisotopic (exact) mass is 221 g/mol. The molecule has 1 saturated carbocycles. The number of carbonyl (C=O) groups excluding carboxylic acids is 2. The van der Waals surface area contributed by atoms with E-state index in [2.05, 4.69) is 0 Å². The summed E-state index contributed by atoms with van der Waals surface area (Å²) in [6.07, 6.45) is 4.25. The molecule has 2 amide bonds. The second kappa shape index (κ2) is 2.93. The fourth-order valence-electron chi connectivity index (χ4n) is 2.59. The summed E-state index contributed by atoms with van der Waals surface area (Å²) < 4.78 is 0. The Bertz CT molecular complexity index is 408. The number of hydrogen-bond acceptors (Lipinski definition) is 3. The highest BCUT2D eigenvalue weighted by atomic mass is 16.4. The number of imide groups is 1. The quantitative estimate of drug-likeness (QED) is 0.527. The third kappa shape index (κ3) is 1.14. The number of aliphatic carboxylic acids is 1. The first kappa shape index (κ1) is 9.57. The van der Waals surface area contributed by atoms with Gasteiger partial charge in [0.25, 0.3) is 0 Å². The molecule has 0 bridgehead atoms. The summed E-state index contributed by atoms with van der Waals surface area (Å²) in [6.45, 7) is 0. The van der Waals surface area contributed by atoms with E-state index in [0.29, 0.717) is 12.8 Å². The van der Waals surface area contributed by atoms with Gasteiger partial charge in [0.2, 0.25) is 11.8 Å². The van der Waals surface area contributed by atoms with Crippen LogP contribution in [0.3, 0.4) is 0 Å². The fraction of sp³-hybridized carbons (Fsp3) is 0.545. The lowest BCUT2D eigenvalue weighted by molar-refractivity contribution is -0.145. The van der Waals surface area contributed by atoms with E-state index in [1.54, 1.807) is 12.2 Å². The number of nitrogens with zero attached hydrogens (tertiary/aromatic N) is 1. The first-order chi connectivity index (χ1) is 7.59. The lowest BCUT2D eigenvalue weighted by Gasteiger charge is -2.22. The van der Waals surface area contributed by atoms with Gasteiger partial charge >= 0.3 is 5.97 Å². The molecule has 1 saturated heterocycles. The smallest absolute Gasteiger partial charge is 0.310 e. The maximum atomic E-state index is 11.7. The van der Waals surface area contributed by atoms with Crippen LogP contribution in [0, 0.1) is 17.8 Å². The molecule has 16 heavy (non-hydrogen) atoms. The minimum absolute atomic E-state index is 0.107. The van der Waals surface area contributed by atoms with Gasteiger partial charge < -0.3 is 5.11 Å². The Balaban J connectivity index is 1.76. The van der Waals surface area contributed by atoms with Crippen molar-refractivity contribution in [1.82, 2.24) is 4.90 Å². The summed E-state index contributed by atoms with van der Waals surface area (Å²) in [5, 5.41) is 8.83. The van der Waals surface area contributed by atoms with Crippen LogP contribution >= 0.6 is 0 Å². The molecule has 0 aromatic heterocycles. The van der Waals surface area contributed by atoms with Crippen LogP contribution in [0.5, 0.6) is 0 Å². The summed E-state index contributed by atoms with van der Waals surface area (Å²) in [5.74, 6) is -1.91. The van der Waals surface area contributed by atoms with Gasteiger partial charge in [-0.2, -0.15) is 0 Å². The summed E-state index contributed by atoms with van der Waals surface area (Å²) in [4.78, 5) is 35.5. The molecule has 4 unspecified atom stereocenters. The number of carbonyl (C=O) groups is 3. The van der Waals surface area contributed by atoms with Crippen LogP contribution in [0.2, 0.25) is 0 Å². The summed E-state index contributed by atoms with van der Waals surface area (Å²) >= 11 is 0. The topological polar surface area (TPSA) is 74.7 Å². The normalized spacial score (nSPS) is 40.4. The van der Waals surface area contributed by atoms with Gasteiger partial charge in [-0.15, -0.1) is 0 Å². The molecule has 0 spiro atoms. The van der Waals surface area contributed by atoms with E-state index >= 15 is 0 Å². The maximum absolute atomic E-state index is 11.7. The molecule has 0 aromatic carbocycles. The number of hydrogen-bond donors (Lipinski definition) is 1. The second-order valence-electron chi connectivity index (χ2n) is 4.63. The summed E-state index contributed by atoms with van der Waals surface area (Å²) in [6, 6.07) is -0.339. The van der Waals surface area contributed by atoms with Crippen LogP contribution in [0.4, 0.5) is 0 Å². The predicted molar refractivity (Wildman–Crippen MR) is 52.1 cm³/mol. The number of carboxylic acids is 1. The summed E-state index contributed by atoms with van der Waals surface area (Å²) in [7, 11) is 0. The van der Waals surface area contributed by atoms with E-state index in [4.69, 9.17) is 5.11 Å². The standard InChI is InChI=1S/C11H11NO4/c13-9-7-4-8(7)10(14)12(9)6-2-1-5(3-6)11(15)16/h1-2,5-8H,3-4H2,(H,15,16). The SMILES string of the molecule is O=C(O)C1C=CC(N2C(=O)C3CC3C2=O)C1. The third-order valence-electron chi connectivity index (χ3n) is 3.61. The molecule has 5 nitrogen and oxygen atoms in total. The van der Waals surface area contributed by atoms with Gasteiger partial charge in [0.05, 0.1) is 23.8 Å². The molecule has 0 aromatic rings. The van der Waals surface area contributed by atoms with Crippen molar-refractivity contribution in [2.75, 3.05) is 0 Å². The number of carboxylic acid groups (broad SMARTS) is 1. The van der Waals surface area contributed by atoms with E-state index in [9.17, 15) is 14.4 Å². The van der Waals surface area contributed by atoms with E-state index in [0.717, 1.165) is 0 Å². The molecule has 1 aliphatic heterocycles. The lowest BCUT2D eigenvalue weighted by atomic mass is 10.1. The maximum Gasteiger partial charge on any atom is 0.310 e. The van der Waals surface area contributed by atoms with Crippen LogP contribution in [-0.4, -0.2) is 33.8 Å². The van der Waals surface area contributed by atoms with Gasteiger partial charge in [-0.05, 0) is 12.8 Å². The average Bonchev–Trinajstić information content (AvgIpc) is 2.82. The Hall–Kier alpha value is -1.65.